The van der Waals surface area contributed by atoms with Gasteiger partial charge >= 0.3 is 12.4 Å². The first-order valence-corrected chi connectivity index (χ1v) is 12.6. The number of nitrogens with zero attached hydrogens (tertiary/aromatic N) is 2. The molecule has 2 aromatic rings. The topological polar surface area (TPSA) is 91.0 Å². The maximum atomic E-state index is 13.9. The summed E-state index contributed by atoms with van der Waals surface area (Å²) in [5.41, 5.74) is -2.03. The Bertz CT molecular complexity index is 1210. The molecule has 1 saturated heterocycles. The molecule has 3 rings (SSSR count). The van der Waals surface area contributed by atoms with Crippen molar-refractivity contribution in [2.75, 3.05) is 49.6 Å². The Morgan fingerprint density at radius 2 is 1.90 bits per heavy atom. The van der Waals surface area contributed by atoms with E-state index in [0.29, 0.717) is 10.4 Å². The van der Waals surface area contributed by atoms with Gasteiger partial charge in [-0.3, -0.25) is 19.3 Å². The molecule has 1 aliphatic rings. The Kier molecular flexibility index (Phi) is 9.85. The minimum Gasteiger partial charge on any atom is -0.370 e. The first kappa shape index (κ1) is 30.7. The molecule has 2 heterocycles. The van der Waals surface area contributed by atoms with E-state index in [1.165, 1.54) is 19.1 Å². The van der Waals surface area contributed by atoms with Crippen molar-refractivity contribution >= 4 is 52.0 Å². The fourth-order valence-corrected chi connectivity index (χ4v) is 4.81. The summed E-state index contributed by atoms with van der Waals surface area (Å²) >= 11 is 6.72. The number of rotatable bonds is 9. The van der Waals surface area contributed by atoms with Gasteiger partial charge in [-0.15, -0.1) is 11.3 Å². The number of nitrogens with one attached hydrogen (secondary N) is 2. The van der Waals surface area contributed by atoms with Gasteiger partial charge in [0.15, 0.2) is 0 Å². The molecule has 0 bridgehead atoms. The zero-order valence-electron chi connectivity index (χ0n) is 20.3. The van der Waals surface area contributed by atoms with Crippen LogP contribution in [0.2, 0.25) is 4.34 Å². The predicted molar refractivity (Wildman–Crippen MR) is 132 cm³/mol. The molecule has 0 aliphatic carbocycles. The number of halogens is 7. The minimum absolute atomic E-state index is 0.0264. The number of ether oxygens (including phenoxy) is 1. The second kappa shape index (κ2) is 12.5. The van der Waals surface area contributed by atoms with Crippen LogP contribution in [0.4, 0.5) is 37.7 Å². The smallest absolute Gasteiger partial charge is 0.370 e. The number of anilines is 2. The lowest BCUT2D eigenvalue weighted by Gasteiger charge is -2.31. The van der Waals surface area contributed by atoms with E-state index in [2.05, 4.69) is 10.6 Å². The lowest BCUT2D eigenvalue weighted by atomic mass is 10.1. The quantitative estimate of drug-likeness (QED) is 0.417. The molecule has 1 fully saturated rings. The summed E-state index contributed by atoms with van der Waals surface area (Å²) in [4.78, 5) is 39.4. The van der Waals surface area contributed by atoms with E-state index < -0.39 is 67.1 Å². The molecule has 1 atom stereocenters. The predicted octanol–water partition coefficient (Wildman–Crippen LogP) is 4.40. The van der Waals surface area contributed by atoms with Crippen LogP contribution >= 0.6 is 22.9 Å². The number of hydrogen-bond acceptors (Lipinski definition) is 6. The van der Waals surface area contributed by atoms with Crippen molar-refractivity contribution < 1.29 is 45.5 Å². The highest BCUT2D eigenvalue weighted by Crippen LogP contribution is 2.39. The molecule has 0 spiro atoms. The number of morpholine rings is 1. The molecular weight excluding hydrogens is 578 g/mol. The largest absolute Gasteiger partial charge is 0.418 e. The Labute approximate surface area is 227 Å². The van der Waals surface area contributed by atoms with E-state index in [1.807, 2.05) is 0 Å². The number of likely N-dealkylation sites (N-methyl/N-ethyl adjacent to an activating group) is 1. The van der Waals surface area contributed by atoms with Crippen LogP contribution in [0.5, 0.6) is 0 Å². The monoisotopic (exact) mass is 600 g/mol. The van der Waals surface area contributed by atoms with E-state index in [4.69, 9.17) is 16.3 Å². The van der Waals surface area contributed by atoms with Gasteiger partial charge < -0.3 is 20.3 Å². The summed E-state index contributed by atoms with van der Waals surface area (Å²) in [7, 11) is 0. The van der Waals surface area contributed by atoms with E-state index in [0.717, 1.165) is 33.3 Å². The molecule has 0 saturated carbocycles. The van der Waals surface area contributed by atoms with E-state index in [-0.39, 0.29) is 30.3 Å². The highest BCUT2D eigenvalue weighted by atomic mass is 35.5. The van der Waals surface area contributed by atoms with Crippen molar-refractivity contribution in [3.8, 4) is 0 Å². The van der Waals surface area contributed by atoms with Crippen LogP contribution in [0.3, 0.4) is 0 Å². The first-order valence-electron chi connectivity index (χ1n) is 11.4. The average Bonchev–Trinajstić information content (AvgIpc) is 3.29. The maximum absolute atomic E-state index is 13.9. The van der Waals surface area contributed by atoms with Crippen LogP contribution in [0.25, 0.3) is 0 Å². The molecule has 16 heteroatoms. The van der Waals surface area contributed by atoms with Crippen LogP contribution in [-0.4, -0.2) is 74.2 Å². The number of amides is 3. The van der Waals surface area contributed by atoms with Gasteiger partial charge in [0.05, 0.1) is 33.6 Å². The van der Waals surface area contributed by atoms with E-state index >= 15 is 0 Å². The fourth-order valence-electron chi connectivity index (χ4n) is 3.85. The molecule has 8 nitrogen and oxygen atoms in total. The second-order valence-electron chi connectivity index (χ2n) is 8.32. The number of hydrogen-bond donors (Lipinski definition) is 2. The molecule has 0 unspecified atom stereocenters. The zero-order chi connectivity index (χ0) is 29.0. The van der Waals surface area contributed by atoms with Crippen molar-refractivity contribution in [2.24, 2.45) is 0 Å². The second-order valence-corrected chi connectivity index (χ2v) is 10.0. The van der Waals surface area contributed by atoms with Crippen molar-refractivity contribution in [3.05, 3.63) is 45.1 Å². The summed E-state index contributed by atoms with van der Waals surface area (Å²) < 4.78 is 86.5. The molecule has 1 aromatic heterocycles. The maximum Gasteiger partial charge on any atom is 0.418 e. The third-order valence-electron chi connectivity index (χ3n) is 5.63. The normalized spacial score (nSPS) is 15.4. The van der Waals surface area contributed by atoms with Gasteiger partial charge in [-0.1, -0.05) is 18.5 Å². The molecular formula is C23H23ClF6N4O4S. The number of carbonyl (C=O) groups excluding carboxylic acids is 3. The standard InChI is InChI=1S/C23H23ClF6N4O4S/c1-2-33(12-22(25,26)27)16(10-31-21(37)17-5-6-18(24)39-17)20(36)32-13-3-4-15(14(9-13)23(28,29)30)34-7-8-38-11-19(34)35/h3-6,9,16H,2,7-8,10-12H2,1H3,(H,31,37)(H,32,36)/t16-/m0/s1. The van der Waals surface area contributed by atoms with Gasteiger partial charge in [-0.25, -0.2) is 0 Å². The lowest BCUT2D eigenvalue weighted by Crippen LogP contribution is -2.53. The highest BCUT2D eigenvalue weighted by molar-refractivity contribution is 7.18. The van der Waals surface area contributed by atoms with Crippen molar-refractivity contribution in [1.82, 2.24) is 10.2 Å². The highest BCUT2D eigenvalue weighted by Gasteiger charge is 2.39. The minimum atomic E-state index is -4.92. The van der Waals surface area contributed by atoms with Crippen LogP contribution < -0.4 is 15.5 Å². The Morgan fingerprint density at radius 3 is 2.46 bits per heavy atom. The van der Waals surface area contributed by atoms with E-state index in [1.54, 1.807) is 0 Å². The number of benzene rings is 1. The average molecular weight is 601 g/mol. The van der Waals surface area contributed by atoms with Gasteiger partial charge in [0, 0.05) is 18.8 Å². The molecule has 39 heavy (non-hydrogen) atoms. The van der Waals surface area contributed by atoms with Gasteiger partial charge in [-0.05, 0) is 36.9 Å². The summed E-state index contributed by atoms with van der Waals surface area (Å²) in [6.07, 6.45) is -9.62. The van der Waals surface area contributed by atoms with Gasteiger partial charge in [0.1, 0.15) is 12.6 Å². The van der Waals surface area contributed by atoms with Crippen LogP contribution in [-0.2, 0) is 20.5 Å². The third kappa shape index (κ3) is 8.30. The van der Waals surface area contributed by atoms with E-state index in [9.17, 15) is 40.7 Å². The summed E-state index contributed by atoms with van der Waals surface area (Å²) in [5.74, 6) is -2.45. The van der Waals surface area contributed by atoms with Crippen LogP contribution in [0, 0.1) is 0 Å². The van der Waals surface area contributed by atoms with Crippen molar-refractivity contribution in [1.29, 1.82) is 0 Å². The summed E-state index contributed by atoms with van der Waals surface area (Å²) in [6, 6.07) is 3.94. The Hall–Kier alpha value is -2.88. The Balaban J connectivity index is 1.87. The van der Waals surface area contributed by atoms with Gasteiger partial charge in [0.25, 0.3) is 11.8 Å². The van der Waals surface area contributed by atoms with Crippen LogP contribution in [0.15, 0.2) is 30.3 Å². The SMILES string of the molecule is CCN(CC(F)(F)F)[C@@H](CNC(=O)c1ccc(Cl)s1)C(=O)Nc1ccc(N2CCOCC2=O)c(C(F)(F)F)c1. The first-order chi connectivity index (χ1) is 18.2. The Morgan fingerprint density at radius 1 is 1.18 bits per heavy atom. The van der Waals surface area contributed by atoms with Crippen LogP contribution in [0.1, 0.15) is 22.2 Å². The molecule has 1 aromatic carbocycles. The third-order valence-corrected chi connectivity index (χ3v) is 6.86. The van der Waals surface area contributed by atoms with Gasteiger partial charge in [-0.2, -0.15) is 26.3 Å². The molecule has 1 aliphatic heterocycles. The molecule has 0 radical (unpaired) electrons. The zero-order valence-corrected chi connectivity index (χ0v) is 21.9. The molecule has 3 amide bonds. The fraction of sp³-hybridized carbons (Fsp3) is 0.435. The lowest BCUT2D eigenvalue weighted by molar-refractivity contribution is -0.153. The van der Waals surface area contributed by atoms with Gasteiger partial charge in [0.2, 0.25) is 5.91 Å². The van der Waals surface area contributed by atoms with Crippen molar-refractivity contribution in [3.63, 3.8) is 0 Å². The number of thiophene rings is 1. The van der Waals surface area contributed by atoms with Crippen molar-refractivity contribution in [2.45, 2.75) is 25.3 Å². The summed E-state index contributed by atoms with van der Waals surface area (Å²) in [5, 5.41) is 4.60. The summed E-state index contributed by atoms with van der Waals surface area (Å²) in [6.45, 7) is -1.46. The number of carbonyl (C=O) groups is 3. The molecule has 214 valence electrons. The number of alkyl halides is 6. The molecule has 2 N–H and O–H groups in total.